The summed E-state index contributed by atoms with van der Waals surface area (Å²) < 4.78 is 5.93. The van der Waals surface area contributed by atoms with Crippen LogP contribution in [0.1, 0.15) is 0 Å². The summed E-state index contributed by atoms with van der Waals surface area (Å²) in [6.07, 6.45) is 1.52. The maximum Gasteiger partial charge on any atom is 0.203 e. The quantitative estimate of drug-likeness (QED) is 0.671. The van der Waals surface area contributed by atoms with Crippen LogP contribution in [0.15, 0.2) is 33.4 Å². The molecule has 0 atom stereocenters. The Morgan fingerprint density at radius 3 is 2.94 bits per heavy atom. The van der Waals surface area contributed by atoms with Gasteiger partial charge in [-0.1, -0.05) is 15.9 Å². The molecule has 0 amide bonds. The fourth-order valence-electron chi connectivity index (χ4n) is 1.70. The Morgan fingerprint density at radius 1 is 1.41 bits per heavy atom. The third kappa shape index (κ3) is 1.71. The number of nitrogen functional groups attached to an aromatic ring is 1. The van der Waals surface area contributed by atoms with Crippen molar-refractivity contribution in [2.75, 3.05) is 5.73 Å². The molecule has 86 valence electrons. The van der Waals surface area contributed by atoms with E-state index in [9.17, 15) is 0 Å². The number of furan rings is 1. The normalized spacial score (nSPS) is 11.2. The largest absolute Gasteiger partial charge is 0.452 e. The molecule has 0 aliphatic carbocycles. The van der Waals surface area contributed by atoms with Crippen LogP contribution in [0.25, 0.3) is 22.4 Å². The Morgan fingerprint density at radius 2 is 2.24 bits per heavy atom. The van der Waals surface area contributed by atoms with Gasteiger partial charge in [-0.15, -0.1) is 0 Å². The van der Waals surface area contributed by atoms with E-state index in [1.54, 1.807) is 6.07 Å². The molecule has 1 aromatic carbocycles. The molecule has 3 N–H and O–H groups in total. The number of nitrogens with zero attached hydrogens (tertiary/aromatic N) is 1. The van der Waals surface area contributed by atoms with Crippen molar-refractivity contribution in [3.8, 4) is 11.4 Å². The molecule has 0 saturated carbocycles. The average molecular weight is 313 g/mol. The van der Waals surface area contributed by atoms with Crippen molar-refractivity contribution in [3.63, 3.8) is 0 Å². The van der Waals surface area contributed by atoms with Gasteiger partial charge in [0.05, 0.1) is 23.0 Å². The summed E-state index contributed by atoms with van der Waals surface area (Å²) in [4.78, 5) is 7.57. The third-order valence-electron chi connectivity index (χ3n) is 2.45. The highest BCUT2D eigenvalue weighted by molar-refractivity contribution is 9.10. The van der Waals surface area contributed by atoms with Gasteiger partial charge in [-0.05, 0) is 29.8 Å². The zero-order valence-electron chi connectivity index (χ0n) is 8.50. The number of benzene rings is 1. The van der Waals surface area contributed by atoms with E-state index in [-0.39, 0.29) is 0 Å². The highest BCUT2D eigenvalue weighted by Gasteiger charge is 2.12. The van der Waals surface area contributed by atoms with Gasteiger partial charge in [0, 0.05) is 4.47 Å². The minimum absolute atomic E-state index is 0.307. The van der Waals surface area contributed by atoms with E-state index in [4.69, 9.17) is 21.8 Å². The fourth-order valence-corrected chi connectivity index (χ4v) is 2.38. The summed E-state index contributed by atoms with van der Waals surface area (Å²) in [6.45, 7) is 0. The second-order valence-corrected chi connectivity index (χ2v) is 4.84. The number of halogens is 2. The van der Waals surface area contributed by atoms with Crippen molar-refractivity contribution in [2.24, 2.45) is 0 Å². The number of H-pyrrole nitrogens is 1. The molecule has 0 unspecified atom stereocenters. The van der Waals surface area contributed by atoms with Gasteiger partial charge >= 0.3 is 0 Å². The SMILES string of the molecule is Nc1cc(Br)cc2[nH]c(-c3ccoc3Cl)nc12. The lowest BCUT2D eigenvalue weighted by molar-refractivity contribution is 0.570. The minimum Gasteiger partial charge on any atom is -0.452 e. The van der Waals surface area contributed by atoms with Crippen LogP contribution in [-0.4, -0.2) is 9.97 Å². The van der Waals surface area contributed by atoms with Crippen LogP contribution in [0.3, 0.4) is 0 Å². The second-order valence-electron chi connectivity index (χ2n) is 3.58. The van der Waals surface area contributed by atoms with Crippen LogP contribution in [0.5, 0.6) is 0 Å². The Hall–Kier alpha value is -1.46. The van der Waals surface area contributed by atoms with Crippen molar-refractivity contribution in [2.45, 2.75) is 0 Å². The minimum atomic E-state index is 0.307. The number of hydrogen-bond acceptors (Lipinski definition) is 3. The van der Waals surface area contributed by atoms with Gasteiger partial charge < -0.3 is 15.1 Å². The van der Waals surface area contributed by atoms with Crippen LogP contribution in [0.4, 0.5) is 5.69 Å². The molecule has 3 aromatic rings. The molecule has 0 fully saturated rings. The zero-order valence-corrected chi connectivity index (χ0v) is 10.8. The molecule has 4 nitrogen and oxygen atoms in total. The number of rotatable bonds is 1. The molecular formula is C11H7BrClN3O. The van der Waals surface area contributed by atoms with E-state index in [0.29, 0.717) is 16.7 Å². The molecule has 0 spiro atoms. The molecule has 3 rings (SSSR count). The van der Waals surface area contributed by atoms with Gasteiger partial charge in [0.25, 0.3) is 0 Å². The van der Waals surface area contributed by atoms with Crippen LogP contribution in [-0.2, 0) is 0 Å². The van der Waals surface area contributed by atoms with Gasteiger partial charge in [-0.2, -0.15) is 0 Å². The second kappa shape index (κ2) is 3.78. The molecule has 0 radical (unpaired) electrons. The molecule has 17 heavy (non-hydrogen) atoms. The Kier molecular flexibility index (Phi) is 2.38. The first-order valence-electron chi connectivity index (χ1n) is 4.83. The summed E-state index contributed by atoms with van der Waals surface area (Å²) >= 11 is 9.29. The van der Waals surface area contributed by atoms with Gasteiger partial charge in [-0.3, -0.25) is 0 Å². The van der Waals surface area contributed by atoms with E-state index in [1.165, 1.54) is 6.26 Å². The van der Waals surface area contributed by atoms with E-state index in [1.807, 2.05) is 12.1 Å². The lowest BCUT2D eigenvalue weighted by Gasteiger charge is -1.94. The Bertz CT molecular complexity index is 704. The first-order valence-corrected chi connectivity index (χ1v) is 6.00. The summed E-state index contributed by atoms with van der Waals surface area (Å²) in [5.41, 5.74) is 8.80. The van der Waals surface area contributed by atoms with Crippen LogP contribution in [0.2, 0.25) is 5.22 Å². The average Bonchev–Trinajstić information content (AvgIpc) is 2.83. The van der Waals surface area contributed by atoms with E-state index in [2.05, 4.69) is 25.9 Å². The zero-order chi connectivity index (χ0) is 12.0. The molecule has 0 aliphatic rings. The number of nitrogens with one attached hydrogen (secondary N) is 1. The Labute approximate surface area is 110 Å². The summed E-state index contributed by atoms with van der Waals surface area (Å²) in [5, 5.41) is 0.307. The third-order valence-corrected chi connectivity index (χ3v) is 3.20. The number of imidazole rings is 1. The van der Waals surface area contributed by atoms with Gasteiger partial charge in [-0.25, -0.2) is 4.98 Å². The topological polar surface area (TPSA) is 67.8 Å². The molecular weight excluding hydrogens is 305 g/mol. The van der Waals surface area contributed by atoms with Crippen LogP contribution < -0.4 is 5.73 Å². The summed E-state index contributed by atoms with van der Waals surface area (Å²) in [7, 11) is 0. The van der Waals surface area contributed by atoms with E-state index in [0.717, 1.165) is 21.1 Å². The predicted molar refractivity (Wildman–Crippen MR) is 70.9 cm³/mol. The van der Waals surface area contributed by atoms with Crippen molar-refractivity contribution < 1.29 is 4.42 Å². The van der Waals surface area contributed by atoms with Crippen molar-refractivity contribution >= 4 is 44.3 Å². The number of hydrogen-bond donors (Lipinski definition) is 2. The van der Waals surface area contributed by atoms with Gasteiger partial charge in [0.1, 0.15) is 11.3 Å². The van der Waals surface area contributed by atoms with Crippen molar-refractivity contribution in [1.29, 1.82) is 0 Å². The Balaban J connectivity index is 2.27. The molecule has 0 saturated heterocycles. The van der Waals surface area contributed by atoms with E-state index >= 15 is 0 Å². The maximum atomic E-state index is 5.91. The number of aromatic amines is 1. The van der Waals surface area contributed by atoms with Gasteiger partial charge in [0.15, 0.2) is 0 Å². The van der Waals surface area contributed by atoms with Gasteiger partial charge in [0.2, 0.25) is 5.22 Å². The monoisotopic (exact) mass is 311 g/mol. The molecule has 2 heterocycles. The smallest absolute Gasteiger partial charge is 0.203 e. The number of anilines is 1. The molecule has 0 aliphatic heterocycles. The highest BCUT2D eigenvalue weighted by atomic mass is 79.9. The predicted octanol–water partition coefficient (Wildman–Crippen LogP) is 3.82. The number of fused-ring (bicyclic) bond motifs is 1. The summed E-state index contributed by atoms with van der Waals surface area (Å²) in [5.74, 6) is 0.642. The maximum absolute atomic E-state index is 5.91. The van der Waals surface area contributed by atoms with Crippen LogP contribution >= 0.6 is 27.5 Å². The number of nitrogens with two attached hydrogens (primary N) is 1. The van der Waals surface area contributed by atoms with Crippen molar-refractivity contribution in [3.05, 3.63) is 34.2 Å². The molecule has 0 bridgehead atoms. The summed E-state index contributed by atoms with van der Waals surface area (Å²) in [6, 6.07) is 5.48. The highest BCUT2D eigenvalue weighted by Crippen LogP contribution is 2.31. The lowest BCUT2D eigenvalue weighted by atomic mass is 10.3. The number of aromatic nitrogens is 2. The first-order chi connectivity index (χ1) is 8.15. The fraction of sp³-hybridized carbons (Fsp3) is 0. The van der Waals surface area contributed by atoms with Crippen LogP contribution in [0, 0.1) is 0 Å². The molecule has 6 heteroatoms. The van der Waals surface area contributed by atoms with Crippen molar-refractivity contribution in [1.82, 2.24) is 9.97 Å². The lowest BCUT2D eigenvalue weighted by Crippen LogP contribution is -1.86. The first kappa shape index (κ1) is 10.7. The van der Waals surface area contributed by atoms with E-state index < -0.39 is 0 Å². The standard InChI is InChI=1S/C11H7BrClN3O/c12-5-3-7(14)9-8(4-5)15-11(16-9)6-1-2-17-10(6)13/h1-4H,14H2,(H,15,16). The molecule has 2 aromatic heterocycles.